The van der Waals surface area contributed by atoms with Crippen LogP contribution in [0.2, 0.25) is 5.02 Å². The summed E-state index contributed by atoms with van der Waals surface area (Å²) in [5.41, 5.74) is 3.41. The summed E-state index contributed by atoms with van der Waals surface area (Å²) in [6.07, 6.45) is 1.57. The van der Waals surface area contributed by atoms with Gasteiger partial charge < -0.3 is 4.57 Å². The van der Waals surface area contributed by atoms with Crippen molar-refractivity contribution in [3.8, 4) is 0 Å². The number of benzene rings is 1. The fourth-order valence-corrected chi connectivity index (χ4v) is 2.76. The first-order valence-electron chi connectivity index (χ1n) is 7.65. The predicted molar refractivity (Wildman–Crippen MR) is 98.6 cm³/mol. The zero-order valence-electron chi connectivity index (χ0n) is 14.0. The van der Waals surface area contributed by atoms with Gasteiger partial charge >= 0.3 is 5.69 Å². The van der Waals surface area contributed by atoms with E-state index < -0.39 is 11.2 Å². The van der Waals surface area contributed by atoms with Crippen molar-refractivity contribution in [3.63, 3.8) is 0 Å². The maximum atomic E-state index is 12.4. The molecule has 1 N–H and O–H groups in total. The molecule has 0 saturated carbocycles. The molecule has 0 amide bonds. The number of halogens is 1. The van der Waals surface area contributed by atoms with E-state index in [-0.39, 0.29) is 0 Å². The van der Waals surface area contributed by atoms with E-state index in [2.05, 4.69) is 15.5 Å². The first-order valence-corrected chi connectivity index (χ1v) is 8.03. The number of rotatable bonds is 4. The highest BCUT2D eigenvalue weighted by Crippen LogP contribution is 2.16. The van der Waals surface area contributed by atoms with Gasteiger partial charge in [-0.05, 0) is 13.0 Å². The quantitative estimate of drug-likeness (QED) is 0.565. The summed E-state index contributed by atoms with van der Waals surface area (Å²) in [5, 5.41) is 4.72. The molecule has 0 spiro atoms. The SMILES string of the molecule is CCn1c(NN=Cc2ccccc2Cl)nc2c1c(=O)n(C)c(=O)n2C. The minimum atomic E-state index is -0.427. The number of fused-ring (bicyclic) bond motifs is 1. The highest BCUT2D eigenvalue weighted by Gasteiger charge is 2.17. The van der Waals surface area contributed by atoms with Crippen molar-refractivity contribution in [1.82, 2.24) is 18.7 Å². The number of aromatic nitrogens is 4. The minimum Gasteiger partial charge on any atom is -0.303 e. The van der Waals surface area contributed by atoms with Crippen LogP contribution < -0.4 is 16.7 Å². The molecular weight excluding hydrogens is 344 g/mol. The summed E-state index contributed by atoms with van der Waals surface area (Å²) in [4.78, 5) is 28.9. The van der Waals surface area contributed by atoms with Gasteiger partial charge in [0.2, 0.25) is 5.95 Å². The van der Waals surface area contributed by atoms with Gasteiger partial charge in [0, 0.05) is 31.2 Å². The molecule has 0 radical (unpaired) electrons. The monoisotopic (exact) mass is 360 g/mol. The standard InChI is InChI=1S/C16H17ClN6O2/c1-4-23-12-13(21(2)16(25)22(3)14(12)24)19-15(23)20-18-9-10-7-5-6-8-11(10)17/h5-9H,4H2,1-3H3,(H,19,20). The Kier molecular flexibility index (Phi) is 4.45. The predicted octanol–water partition coefficient (Wildman–Crippen LogP) is 1.55. The van der Waals surface area contributed by atoms with Gasteiger partial charge in [-0.25, -0.2) is 10.2 Å². The van der Waals surface area contributed by atoms with Crippen molar-refractivity contribution in [2.75, 3.05) is 5.43 Å². The van der Waals surface area contributed by atoms with E-state index in [1.165, 1.54) is 11.6 Å². The Bertz CT molecular complexity index is 1090. The summed E-state index contributed by atoms with van der Waals surface area (Å²) >= 11 is 6.08. The van der Waals surface area contributed by atoms with Gasteiger partial charge in [-0.2, -0.15) is 10.1 Å². The van der Waals surface area contributed by atoms with Crippen molar-refractivity contribution < 1.29 is 0 Å². The molecular formula is C16H17ClN6O2. The molecule has 0 atom stereocenters. The fourth-order valence-electron chi connectivity index (χ4n) is 2.58. The van der Waals surface area contributed by atoms with Crippen LogP contribution in [0, 0.1) is 0 Å². The molecule has 1 aromatic carbocycles. The van der Waals surface area contributed by atoms with Crippen molar-refractivity contribution in [2.24, 2.45) is 19.2 Å². The summed E-state index contributed by atoms with van der Waals surface area (Å²) in [7, 11) is 3.02. The molecule has 130 valence electrons. The number of hydrogen-bond acceptors (Lipinski definition) is 5. The van der Waals surface area contributed by atoms with E-state index in [4.69, 9.17) is 11.6 Å². The van der Waals surface area contributed by atoms with E-state index in [9.17, 15) is 9.59 Å². The molecule has 0 fully saturated rings. The van der Waals surface area contributed by atoms with Crippen molar-refractivity contribution in [3.05, 3.63) is 55.7 Å². The normalized spacial score (nSPS) is 11.5. The first kappa shape index (κ1) is 17.0. The maximum absolute atomic E-state index is 12.4. The zero-order chi connectivity index (χ0) is 18.1. The van der Waals surface area contributed by atoms with Crippen molar-refractivity contribution >= 4 is 34.9 Å². The molecule has 9 heteroatoms. The molecule has 25 heavy (non-hydrogen) atoms. The van der Waals surface area contributed by atoms with E-state index in [1.807, 2.05) is 25.1 Å². The molecule has 0 saturated heterocycles. The van der Waals surface area contributed by atoms with E-state index in [0.717, 1.165) is 10.1 Å². The van der Waals surface area contributed by atoms with E-state index >= 15 is 0 Å². The van der Waals surface area contributed by atoms with Gasteiger partial charge in [0.25, 0.3) is 5.56 Å². The molecule has 2 aromatic heterocycles. The van der Waals surface area contributed by atoms with Crippen LogP contribution in [-0.4, -0.2) is 24.9 Å². The van der Waals surface area contributed by atoms with Crippen LogP contribution in [0.3, 0.4) is 0 Å². The van der Waals surface area contributed by atoms with Gasteiger partial charge in [0.05, 0.1) is 6.21 Å². The lowest BCUT2D eigenvalue weighted by Gasteiger charge is -2.06. The number of hydrazone groups is 1. The van der Waals surface area contributed by atoms with Gasteiger partial charge in [0.15, 0.2) is 11.2 Å². The summed E-state index contributed by atoms with van der Waals surface area (Å²) in [5.74, 6) is 0.374. The summed E-state index contributed by atoms with van der Waals surface area (Å²) in [6.45, 7) is 2.38. The van der Waals surface area contributed by atoms with Crippen LogP contribution in [0.15, 0.2) is 39.0 Å². The van der Waals surface area contributed by atoms with Crippen molar-refractivity contribution in [1.29, 1.82) is 0 Å². The third-order valence-electron chi connectivity index (χ3n) is 3.94. The second kappa shape index (κ2) is 6.56. The second-order valence-electron chi connectivity index (χ2n) is 5.45. The van der Waals surface area contributed by atoms with Crippen LogP contribution in [0.5, 0.6) is 0 Å². The highest BCUT2D eigenvalue weighted by molar-refractivity contribution is 6.33. The third kappa shape index (κ3) is 2.85. The number of nitrogens with zero attached hydrogens (tertiary/aromatic N) is 5. The molecule has 3 aromatic rings. The van der Waals surface area contributed by atoms with Gasteiger partial charge in [-0.3, -0.25) is 13.9 Å². The molecule has 0 aliphatic rings. The zero-order valence-corrected chi connectivity index (χ0v) is 14.8. The Hall–Kier alpha value is -2.87. The van der Waals surface area contributed by atoms with E-state index in [0.29, 0.717) is 28.7 Å². The molecule has 2 heterocycles. The topological polar surface area (TPSA) is 86.2 Å². The lowest BCUT2D eigenvalue weighted by molar-refractivity contribution is 0.700. The average molecular weight is 361 g/mol. The molecule has 8 nitrogen and oxygen atoms in total. The number of anilines is 1. The Labute approximate surface area is 148 Å². The van der Waals surface area contributed by atoms with Crippen LogP contribution in [0.1, 0.15) is 12.5 Å². The smallest absolute Gasteiger partial charge is 0.303 e. The lowest BCUT2D eigenvalue weighted by Crippen LogP contribution is -2.37. The highest BCUT2D eigenvalue weighted by atomic mass is 35.5. The second-order valence-corrected chi connectivity index (χ2v) is 5.86. The Morgan fingerprint density at radius 1 is 1.24 bits per heavy atom. The van der Waals surface area contributed by atoms with Crippen LogP contribution in [0.4, 0.5) is 5.95 Å². The number of nitrogens with one attached hydrogen (secondary N) is 1. The largest absolute Gasteiger partial charge is 0.332 e. The molecule has 0 bridgehead atoms. The molecule has 3 rings (SSSR count). The average Bonchev–Trinajstić information content (AvgIpc) is 2.98. The maximum Gasteiger partial charge on any atom is 0.332 e. The summed E-state index contributed by atoms with van der Waals surface area (Å²) < 4.78 is 4.08. The van der Waals surface area contributed by atoms with Gasteiger partial charge in [-0.1, -0.05) is 29.8 Å². The van der Waals surface area contributed by atoms with Gasteiger partial charge in [0.1, 0.15) is 0 Å². The van der Waals surface area contributed by atoms with Crippen LogP contribution in [0.25, 0.3) is 11.2 Å². The number of imidazole rings is 1. The Balaban J connectivity index is 2.07. The molecule has 0 aliphatic carbocycles. The van der Waals surface area contributed by atoms with Crippen LogP contribution >= 0.6 is 11.6 Å². The summed E-state index contributed by atoms with van der Waals surface area (Å²) in [6, 6.07) is 7.29. The number of aryl methyl sites for hydroxylation is 2. The molecule has 0 unspecified atom stereocenters. The minimum absolute atomic E-state index is 0.311. The Morgan fingerprint density at radius 2 is 1.96 bits per heavy atom. The third-order valence-corrected chi connectivity index (χ3v) is 4.28. The molecule has 0 aliphatic heterocycles. The first-order chi connectivity index (χ1) is 12.0. The van der Waals surface area contributed by atoms with E-state index in [1.54, 1.807) is 23.9 Å². The van der Waals surface area contributed by atoms with Crippen LogP contribution in [-0.2, 0) is 20.6 Å². The van der Waals surface area contributed by atoms with Crippen molar-refractivity contribution in [2.45, 2.75) is 13.5 Å². The number of hydrogen-bond donors (Lipinski definition) is 1. The fraction of sp³-hybridized carbons (Fsp3) is 0.250. The van der Waals surface area contributed by atoms with Gasteiger partial charge in [-0.15, -0.1) is 0 Å². The Morgan fingerprint density at radius 3 is 2.64 bits per heavy atom. The lowest BCUT2D eigenvalue weighted by atomic mass is 10.2.